The predicted octanol–water partition coefficient (Wildman–Crippen LogP) is 0.805. The van der Waals surface area contributed by atoms with E-state index in [9.17, 15) is 9.59 Å². The SMILES string of the molecule is C#[N+]N(CCN(C)C)C(=O)C(CC(C)C)NC(C)=O. The first kappa shape index (κ1) is 17.4. The van der Waals surface area contributed by atoms with Gasteiger partial charge in [0, 0.05) is 18.5 Å². The minimum absolute atomic E-state index is 0.233. The number of hydrogen-bond donors (Lipinski definition) is 1. The molecule has 0 aliphatic rings. The van der Waals surface area contributed by atoms with Gasteiger partial charge in [-0.25, -0.2) is 0 Å². The van der Waals surface area contributed by atoms with Crippen molar-refractivity contribution in [3.63, 3.8) is 0 Å². The summed E-state index contributed by atoms with van der Waals surface area (Å²) in [5.74, 6) is -0.217. The van der Waals surface area contributed by atoms with Gasteiger partial charge in [0.25, 0.3) is 0 Å². The Labute approximate surface area is 115 Å². The van der Waals surface area contributed by atoms with Crippen molar-refractivity contribution in [3.05, 3.63) is 4.95 Å². The van der Waals surface area contributed by atoms with Gasteiger partial charge in [-0.2, -0.15) is 0 Å². The fraction of sp³-hybridized carbons (Fsp3) is 0.769. The summed E-state index contributed by atoms with van der Waals surface area (Å²) in [5.41, 5.74) is 0. The lowest BCUT2D eigenvalue weighted by molar-refractivity contribution is -0.134. The van der Waals surface area contributed by atoms with E-state index in [1.165, 1.54) is 11.9 Å². The van der Waals surface area contributed by atoms with E-state index in [1.54, 1.807) is 0 Å². The Balaban J connectivity index is 4.73. The number of rotatable bonds is 7. The molecule has 0 heterocycles. The topological polar surface area (TPSA) is 57.0 Å². The second-order valence-corrected chi connectivity index (χ2v) is 5.26. The number of amides is 2. The molecule has 0 spiro atoms. The summed E-state index contributed by atoms with van der Waals surface area (Å²) < 4.78 is 0. The summed E-state index contributed by atoms with van der Waals surface area (Å²) in [4.78, 5) is 28.9. The molecule has 2 amide bonds. The van der Waals surface area contributed by atoms with Gasteiger partial charge in [0.2, 0.25) is 5.91 Å². The minimum Gasteiger partial charge on any atom is -0.344 e. The summed E-state index contributed by atoms with van der Waals surface area (Å²) in [7, 11) is 3.80. The van der Waals surface area contributed by atoms with Gasteiger partial charge in [-0.3, -0.25) is 9.59 Å². The van der Waals surface area contributed by atoms with Gasteiger partial charge < -0.3 is 10.2 Å². The van der Waals surface area contributed by atoms with E-state index in [4.69, 9.17) is 6.57 Å². The standard InChI is InChI=1S/C13H24N4O2/c1-10(2)9-12(15-11(3)18)13(19)17(14-4)8-7-16(5)6/h4,10,12H,7-9H2,1-3,5-6H3/p+1. The fourth-order valence-electron chi connectivity index (χ4n) is 1.64. The smallest absolute Gasteiger partial charge is 0.317 e. The van der Waals surface area contributed by atoms with Gasteiger partial charge in [0.15, 0.2) is 0 Å². The summed E-state index contributed by atoms with van der Waals surface area (Å²) >= 11 is 0. The van der Waals surface area contributed by atoms with E-state index in [-0.39, 0.29) is 17.7 Å². The lowest BCUT2D eigenvalue weighted by Gasteiger charge is -2.19. The summed E-state index contributed by atoms with van der Waals surface area (Å²) in [6, 6.07) is -0.577. The Morgan fingerprint density at radius 1 is 1.26 bits per heavy atom. The monoisotopic (exact) mass is 269 g/mol. The van der Waals surface area contributed by atoms with E-state index in [1.807, 2.05) is 32.8 Å². The largest absolute Gasteiger partial charge is 0.344 e. The molecule has 0 aliphatic carbocycles. The number of nitrogens with zero attached hydrogens (tertiary/aromatic N) is 3. The average Bonchev–Trinajstić information content (AvgIpc) is 2.27. The van der Waals surface area contributed by atoms with Gasteiger partial charge in [0.1, 0.15) is 12.6 Å². The molecule has 108 valence electrons. The van der Waals surface area contributed by atoms with Crippen molar-refractivity contribution in [1.82, 2.24) is 15.2 Å². The van der Waals surface area contributed by atoms with Crippen LogP contribution in [0.1, 0.15) is 27.2 Å². The average molecular weight is 269 g/mol. The van der Waals surface area contributed by atoms with Crippen LogP contribution in [0.4, 0.5) is 0 Å². The van der Waals surface area contributed by atoms with E-state index in [0.717, 1.165) is 0 Å². The van der Waals surface area contributed by atoms with Gasteiger partial charge in [-0.15, -0.1) is 0 Å². The molecule has 0 aromatic rings. The summed E-state index contributed by atoms with van der Waals surface area (Å²) in [6.07, 6.45) is 0.562. The van der Waals surface area contributed by atoms with Gasteiger partial charge >= 0.3 is 12.5 Å². The Morgan fingerprint density at radius 3 is 2.21 bits per heavy atom. The maximum Gasteiger partial charge on any atom is 0.317 e. The first-order valence-electron chi connectivity index (χ1n) is 6.42. The van der Waals surface area contributed by atoms with Crippen LogP contribution in [0.25, 0.3) is 4.95 Å². The van der Waals surface area contributed by atoms with Crippen molar-refractivity contribution in [3.8, 4) is 6.57 Å². The maximum atomic E-state index is 12.3. The lowest BCUT2D eigenvalue weighted by Crippen LogP contribution is -2.47. The Kier molecular flexibility index (Phi) is 7.77. The Hall–Kier alpha value is -1.61. The zero-order valence-electron chi connectivity index (χ0n) is 12.5. The highest BCUT2D eigenvalue weighted by Crippen LogP contribution is 2.08. The highest BCUT2D eigenvalue weighted by atomic mass is 16.2. The molecule has 0 radical (unpaired) electrons. The lowest BCUT2D eigenvalue weighted by atomic mass is 10.0. The Bertz CT molecular complexity index is 347. The van der Waals surface area contributed by atoms with Gasteiger partial charge in [-0.05, 0) is 26.4 Å². The summed E-state index contributed by atoms with van der Waals surface area (Å²) in [6.45, 7) is 11.7. The van der Waals surface area contributed by atoms with Crippen molar-refractivity contribution in [1.29, 1.82) is 0 Å². The molecule has 0 aliphatic heterocycles. The van der Waals surface area contributed by atoms with Crippen LogP contribution in [0, 0.1) is 12.5 Å². The fourth-order valence-corrected chi connectivity index (χ4v) is 1.64. The van der Waals surface area contributed by atoms with Crippen LogP contribution in [0.2, 0.25) is 0 Å². The zero-order chi connectivity index (χ0) is 15.0. The molecule has 0 aromatic heterocycles. The zero-order valence-corrected chi connectivity index (χ0v) is 12.5. The minimum atomic E-state index is -0.577. The highest BCUT2D eigenvalue weighted by molar-refractivity contribution is 5.87. The predicted molar refractivity (Wildman–Crippen MR) is 75.6 cm³/mol. The van der Waals surface area contributed by atoms with Crippen LogP contribution < -0.4 is 5.32 Å². The number of likely N-dealkylation sites (N-methyl/N-ethyl adjacent to an activating group) is 1. The molecular weight excluding hydrogens is 244 g/mol. The maximum absolute atomic E-state index is 12.3. The third-order valence-corrected chi connectivity index (χ3v) is 2.54. The van der Waals surface area contributed by atoms with Crippen molar-refractivity contribution in [2.45, 2.75) is 33.2 Å². The molecule has 0 saturated carbocycles. The quantitative estimate of drug-likeness (QED) is 0.696. The molecule has 6 heteroatoms. The van der Waals surface area contributed by atoms with Crippen LogP contribution >= 0.6 is 0 Å². The number of carbonyl (C=O) groups excluding carboxylic acids is 2. The third kappa shape index (κ3) is 7.42. The number of carbonyl (C=O) groups is 2. The van der Waals surface area contributed by atoms with Crippen LogP contribution in [0.3, 0.4) is 0 Å². The highest BCUT2D eigenvalue weighted by Gasteiger charge is 2.31. The van der Waals surface area contributed by atoms with Crippen LogP contribution in [-0.4, -0.2) is 54.9 Å². The van der Waals surface area contributed by atoms with Gasteiger partial charge in [0.05, 0.1) is 4.95 Å². The van der Waals surface area contributed by atoms with E-state index < -0.39 is 6.04 Å². The van der Waals surface area contributed by atoms with Crippen LogP contribution in [0.15, 0.2) is 0 Å². The molecule has 1 atom stereocenters. The molecule has 0 rings (SSSR count). The van der Waals surface area contributed by atoms with E-state index >= 15 is 0 Å². The van der Waals surface area contributed by atoms with Crippen molar-refractivity contribution < 1.29 is 9.59 Å². The van der Waals surface area contributed by atoms with Gasteiger partial charge in [-0.1, -0.05) is 13.8 Å². The molecular formula is C13H25N4O2+. The van der Waals surface area contributed by atoms with Crippen molar-refractivity contribution in [2.75, 3.05) is 27.2 Å². The van der Waals surface area contributed by atoms with Crippen molar-refractivity contribution >= 4 is 11.8 Å². The number of hydrogen-bond acceptors (Lipinski definition) is 3. The molecule has 0 fully saturated rings. The second kappa shape index (κ2) is 8.48. The molecule has 1 unspecified atom stereocenters. The molecule has 0 bridgehead atoms. The van der Waals surface area contributed by atoms with Crippen LogP contribution in [0.5, 0.6) is 0 Å². The van der Waals surface area contributed by atoms with E-state index in [2.05, 4.69) is 10.3 Å². The number of nitrogens with one attached hydrogen (secondary N) is 1. The molecule has 0 saturated heterocycles. The van der Waals surface area contributed by atoms with Crippen molar-refractivity contribution in [2.24, 2.45) is 5.92 Å². The molecule has 0 aromatic carbocycles. The van der Waals surface area contributed by atoms with Crippen LogP contribution in [-0.2, 0) is 9.59 Å². The normalized spacial score (nSPS) is 12.1. The first-order chi connectivity index (χ1) is 8.77. The van der Waals surface area contributed by atoms with E-state index in [0.29, 0.717) is 19.5 Å². The molecule has 19 heavy (non-hydrogen) atoms. The third-order valence-electron chi connectivity index (χ3n) is 2.54. The first-order valence-corrected chi connectivity index (χ1v) is 6.42. The molecule has 1 N–H and O–H groups in total. The summed E-state index contributed by atoms with van der Waals surface area (Å²) in [5, 5.41) is 3.87. The molecule has 6 nitrogen and oxygen atoms in total. The second-order valence-electron chi connectivity index (χ2n) is 5.26. The Morgan fingerprint density at radius 2 is 1.84 bits per heavy atom.